The Bertz CT molecular complexity index is 823. The SMILES string of the molecule is C=CC(=O)N1CCC(Nc2cnc3[nH]cc(C(=O)NCCCC)c3n2)CC1. The second kappa shape index (κ2) is 8.66. The minimum absolute atomic E-state index is 0.0271. The summed E-state index contributed by atoms with van der Waals surface area (Å²) in [5, 5.41) is 6.28. The van der Waals surface area contributed by atoms with E-state index in [1.54, 1.807) is 17.3 Å². The topological polar surface area (TPSA) is 103 Å². The summed E-state index contributed by atoms with van der Waals surface area (Å²) in [5.74, 6) is 0.469. The number of anilines is 1. The summed E-state index contributed by atoms with van der Waals surface area (Å²) in [6.45, 7) is 7.64. The van der Waals surface area contributed by atoms with Gasteiger partial charge in [-0.15, -0.1) is 0 Å². The Morgan fingerprint density at radius 3 is 2.89 bits per heavy atom. The predicted molar refractivity (Wildman–Crippen MR) is 105 cm³/mol. The second-order valence-corrected chi connectivity index (χ2v) is 6.71. The van der Waals surface area contributed by atoms with E-state index < -0.39 is 0 Å². The smallest absolute Gasteiger partial charge is 0.255 e. The maximum absolute atomic E-state index is 12.4. The van der Waals surface area contributed by atoms with E-state index in [2.05, 4.69) is 39.1 Å². The molecule has 144 valence electrons. The number of aromatic amines is 1. The number of amides is 2. The molecule has 3 N–H and O–H groups in total. The molecular formula is C19H26N6O2. The molecule has 2 amide bonds. The summed E-state index contributed by atoms with van der Waals surface area (Å²) in [5.41, 5.74) is 1.66. The largest absolute Gasteiger partial charge is 0.366 e. The number of H-pyrrole nitrogens is 1. The molecule has 0 aliphatic carbocycles. The van der Waals surface area contributed by atoms with Gasteiger partial charge in [0, 0.05) is 31.9 Å². The molecule has 8 nitrogen and oxygen atoms in total. The van der Waals surface area contributed by atoms with Crippen molar-refractivity contribution >= 4 is 28.8 Å². The van der Waals surface area contributed by atoms with E-state index >= 15 is 0 Å². The first-order chi connectivity index (χ1) is 13.1. The van der Waals surface area contributed by atoms with Gasteiger partial charge < -0.3 is 20.5 Å². The van der Waals surface area contributed by atoms with E-state index in [0.29, 0.717) is 42.2 Å². The van der Waals surface area contributed by atoms with Gasteiger partial charge in [-0.05, 0) is 25.3 Å². The Balaban J connectivity index is 1.66. The van der Waals surface area contributed by atoms with E-state index in [-0.39, 0.29) is 17.9 Å². The molecule has 0 unspecified atom stereocenters. The van der Waals surface area contributed by atoms with Crippen molar-refractivity contribution in [2.75, 3.05) is 25.0 Å². The van der Waals surface area contributed by atoms with Crippen molar-refractivity contribution in [1.82, 2.24) is 25.2 Å². The van der Waals surface area contributed by atoms with E-state index in [9.17, 15) is 9.59 Å². The summed E-state index contributed by atoms with van der Waals surface area (Å²) in [4.78, 5) is 37.8. The zero-order valence-corrected chi connectivity index (χ0v) is 15.6. The highest BCUT2D eigenvalue weighted by molar-refractivity contribution is 6.04. The fourth-order valence-corrected chi connectivity index (χ4v) is 3.19. The van der Waals surface area contributed by atoms with Gasteiger partial charge in [0.2, 0.25) is 5.91 Å². The van der Waals surface area contributed by atoms with Gasteiger partial charge in [-0.2, -0.15) is 0 Å². The molecule has 2 aromatic rings. The average Bonchev–Trinajstić information content (AvgIpc) is 3.11. The third-order valence-corrected chi connectivity index (χ3v) is 4.77. The Kier molecular flexibility index (Phi) is 6.05. The van der Waals surface area contributed by atoms with Crippen LogP contribution >= 0.6 is 0 Å². The summed E-state index contributed by atoms with van der Waals surface area (Å²) >= 11 is 0. The molecule has 0 saturated carbocycles. The first kappa shape index (κ1) is 18.9. The van der Waals surface area contributed by atoms with Crippen molar-refractivity contribution in [2.24, 2.45) is 0 Å². The molecule has 0 atom stereocenters. The lowest BCUT2D eigenvalue weighted by Gasteiger charge is -2.31. The van der Waals surface area contributed by atoms with Crippen LogP contribution < -0.4 is 10.6 Å². The number of unbranched alkanes of at least 4 members (excludes halogenated alkanes) is 1. The Labute approximate surface area is 158 Å². The van der Waals surface area contributed by atoms with Crippen LogP contribution in [0.1, 0.15) is 43.0 Å². The number of hydrogen-bond acceptors (Lipinski definition) is 5. The maximum Gasteiger partial charge on any atom is 0.255 e. The van der Waals surface area contributed by atoms with Crippen LogP contribution in [0.5, 0.6) is 0 Å². The quantitative estimate of drug-likeness (QED) is 0.511. The fourth-order valence-electron chi connectivity index (χ4n) is 3.19. The van der Waals surface area contributed by atoms with E-state index in [4.69, 9.17) is 0 Å². The molecular weight excluding hydrogens is 344 g/mol. The molecule has 0 aromatic carbocycles. The Morgan fingerprint density at radius 1 is 1.41 bits per heavy atom. The van der Waals surface area contributed by atoms with Crippen molar-refractivity contribution in [3.05, 3.63) is 30.6 Å². The van der Waals surface area contributed by atoms with Crippen molar-refractivity contribution in [3.8, 4) is 0 Å². The van der Waals surface area contributed by atoms with Gasteiger partial charge in [0.1, 0.15) is 11.3 Å². The maximum atomic E-state index is 12.4. The molecule has 0 bridgehead atoms. The van der Waals surface area contributed by atoms with Crippen LogP contribution in [0.15, 0.2) is 25.0 Å². The number of nitrogens with one attached hydrogen (secondary N) is 3. The number of aromatic nitrogens is 3. The molecule has 1 fully saturated rings. The highest BCUT2D eigenvalue weighted by atomic mass is 16.2. The Hall–Kier alpha value is -2.90. The van der Waals surface area contributed by atoms with Crippen molar-refractivity contribution < 1.29 is 9.59 Å². The third kappa shape index (κ3) is 4.45. The molecule has 0 spiro atoms. The van der Waals surface area contributed by atoms with Crippen LogP contribution in [-0.2, 0) is 4.79 Å². The number of piperidine rings is 1. The molecule has 27 heavy (non-hydrogen) atoms. The van der Waals surface area contributed by atoms with Crippen LogP contribution in [0.3, 0.4) is 0 Å². The van der Waals surface area contributed by atoms with Gasteiger partial charge in [0.05, 0.1) is 11.8 Å². The lowest BCUT2D eigenvalue weighted by Crippen LogP contribution is -2.41. The minimum Gasteiger partial charge on any atom is -0.366 e. The number of nitrogens with zero attached hydrogens (tertiary/aromatic N) is 3. The van der Waals surface area contributed by atoms with Gasteiger partial charge in [0.15, 0.2) is 5.65 Å². The van der Waals surface area contributed by atoms with Crippen molar-refractivity contribution in [3.63, 3.8) is 0 Å². The molecule has 1 aliphatic heterocycles. The van der Waals surface area contributed by atoms with Crippen LogP contribution in [0.4, 0.5) is 5.82 Å². The van der Waals surface area contributed by atoms with Crippen molar-refractivity contribution in [2.45, 2.75) is 38.6 Å². The lowest BCUT2D eigenvalue weighted by molar-refractivity contribution is -0.126. The number of hydrogen-bond donors (Lipinski definition) is 3. The van der Waals surface area contributed by atoms with Gasteiger partial charge >= 0.3 is 0 Å². The lowest BCUT2D eigenvalue weighted by atomic mass is 10.1. The highest BCUT2D eigenvalue weighted by Crippen LogP contribution is 2.19. The second-order valence-electron chi connectivity index (χ2n) is 6.71. The monoisotopic (exact) mass is 370 g/mol. The predicted octanol–water partition coefficient (Wildman–Crippen LogP) is 2.08. The molecule has 3 rings (SSSR count). The standard InChI is InChI=1S/C19H26N6O2/c1-3-5-8-20-19(27)14-11-21-18-17(14)24-15(12-22-18)23-13-6-9-25(10-7-13)16(26)4-2/h4,11-13H,2-3,5-10H2,1H3,(H,20,27)(H,21,22)(H,23,24). The number of carbonyl (C=O) groups is 2. The van der Waals surface area contributed by atoms with Gasteiger partial charge in [-0.25, -0.2) is 9.97 Å². The van der Waals surface area contributed by atoms with Crippen LogP contribution in [0.25, 0.3) is 11.2 Å². The minimum atomic E-state index is -0.141. The summed E-state index contributed by atoms with van der Waals surface area (Å²) in [6, 6.07) is 0.214. The summed E-state index contributed by atoms with van der Waals surface area (Å²) in [6.07, 6.45) is 8.30. The molecule has 0 radical (unpaired) electrons. The van der Waals surface area contributed by atoms with E-state index in [0.717, 1.165) is 25.7 Å². The van der Waals surface area contributed by atoms with Crippen molar-refractivity contribution in [1.29, 1.82) is 0 Å². The highest BCUT2D eigenvalue weighted by Gasteiger charge is 2.22. The Morgan fingerprint density at radius 2 is 2.19 bits per heavy atom. The summed E-state index contributed by atoms with van der Waals surface area (Å²) in [7, 11) is 0. The van der Waals surface area contributed by atoms with Gasteiger partial charge in [-0.1, -0.05) is 19.9 Å². The number of fused-ring (bicyclic) bond motifs is 1. The first-order valence-corrected chi connectivity index (χ1v) is 9.42. The normalized spacial score (nSPS) is 14.9. The van der Waals surface area contributed by atoms with E-state index in [1.165, 1.54) is 6.08 Å². The molecule has 1 aliphatic rings. The molecule has 3 heterocycles. The van der Waals surface area contributed by atoms with Crippen LogP contribution in [0, 0.1) is 0 Å². The molecule has 1 saturated heterocycles. The first-order valence-electron chi connectivity index (χ1n) is 9.42. The number of likely N-dealkylation sites (tertiary alicyclic amines) is 1. The van der Waals surface area contributed by atoms with Gasteiger partial charge in [-0.3, -0.25) is 9.59 Å². The van der Waals surface area contributed by atoms with Crippen LogP contribution in [0.2, 0.25) is 0 Å². The van der Waals surface area contributed by atoms with Gasteiger partial charge in [0.25, 0.3) is 5.91 Å². The zero-order valence-electron chi connectivity index (χ0n) is 15.6. The zero-order chi connectivity index (χ0) is 19.2. The average molecular weight is 370 g/mol. The molecule has 2 aromatic heterocycles. The third-order valence-electron chi connectivity index (χ3n) is 4.77. The molecule has 8 heteroatoms. The van der Waals surface area contributed by atoms with E-state index in [1.807, 2.05) is 0 Å². The number of carbonyl (C=O) groups excluding carboxylic acids is 2. The number of rotatable bonds is 7. The van der Waals surface area contributed by atoms with Crippen LogP contribution in [-0.4, -0.2) is 57.3 Å². The fraction of sp³-hybridized carbons (Fsp3) is 0.474. The summed E-state index contributed by atoms with van der Waals surface area (Å²) < 4.78 is 0.